The van der Waals surface area contributed by atoms with Crippen molar-refractivity contribution in [3.63, 3.8) is 0 Å². The molecule has 0 fully saturated rings. The zero-order valence-corrected chi connectivity index (χ0v) is 12.9. The van der Waals surface area contributed by atoms with Crippen molar-refractivity contribution in [3.05, 3.63) is 65.5 Å². The minimum atomic E-state index is -4.03. The first-order valence-electron chi connectivity index (χ1n) is 6.49. The SMILES string of the molecule is CC(=O)c1ccc(S(=O)(=O)NNC(=O)c2ccccc2F)cc1. The highest BCUT2D eigenvalue weighted by atomic mass is 32.2. The molecule has 8 heteroatoms. The summed E-state index contributed by atoms with van der Waals surface area (Å²) in [4.78, 5) is 24.6. The molecule has 2 N–H and O–H groups in total. The molecule has 2 aromatic rings. The van der Waals surface area contributed by atoms with Gasteiger partial charge in [0.2, 0.25) is 0 Å². The predicted molar refractivity (Wildman–Crippen MR) is 80.6 cm³/mol. The van der Waals surface area contributed by atoms with Crippen molar-refractivity contribution in [2.24, 2.45) is 0 Å². The standard InChI is InChI=1S/C15H13FN2O4S/c1-10(19)11-6-8-12(9-7-11)23(21,22)18-17-15(20)13-4-2-3-5-14(13)16/h2-9,18H,1H3,(H,17,20). The lowest BCUT2D eigenvalue weighted by atomic mass is 10.2. The van der Waals surface area contributed by atoms with E-state index in [0.29, 0.717) is 5.56 Å². The number of hydrogen-bond acceptors (Lipinski definition) is 4. The number of benzene rings is 2. The van der Waals surface area contributed by atoms with Crippen molar-refractivity contribution in [2.75, 3.05) is 0 Å². The molecular formula is C15H13FN2O4S. The summed E-state index contributed by atoms with van der Waals surface area (Å²) >= 11 is 0. The second kappa shape index (κ2) is 6.67. The van der Waals surface area contributed by atoms with Crippen molar-refractivity contribution < 1.29 is 22.4 Å². The minimum Gasteiger partial charge on any atom is -0.295 e. The van der Waals surface area contributed by atoms with Crippen molar-refractivity contribution in [2.45, 2.75) is 11.8 Å². The van der Waals surface area contributed by atoms with Crippen molar-refractivity contribution in [3.8, 4) is 0 Å². The summed E-state index contributed by atoms with van der Waals surface area (Å²) in [6, 6.07) is 10.3. The van der Waals surface area contributed by atoms with Gasteiger partial charge in [-0.15, -0.1) is 4.83 Å². The molecule has 0 bridgehead atoms. The number of rotatable bonds is 5. The first-order valence-corrected chi connectivity index (χ1v) is 7.97. The highest BCUT2D eigenvalue weighted by Crippen LogP contribution is 2.11. The van der Waals surface area contributed by atoms with Gasteiger partial charge in [-0.3, -0.25) is 15.0 Å². The van der Waals surface area contributed by atoms with E-state index >= 15 is 0 Å². The van der Waals surface area contributed by atoms with Gasteiger partial charge < -0.3 is 0 Å². The summed E-state index contributed by atoms with van der Waals surface area (Å²) in [6.07, 6.45) is 0. The maximum absolute atomic E-state index is 13.4. The number of sulfonamides is 1. The number of Topliss-reactive ketones (excluding diaryl/α,β-unsaturated/α-hetero) is 1. The molecule has 0 spiro atoms. The number of carbonyl (C=O) groups is 2. The van der Waals surface area contributed by atoms with E-state index in [-0.39, 0.29) is 16.2 Å². The average molecular weight is 336 g/mol. The Hall–Kier alpha value is -2.58. The Kier molecular flexibility index (Phi) is 4.87. The van der Waals surface area contributed by atoms with Gasteiger partial charge in [-0.05, 0) is 31.2 Å². The summed E-state index contributed by atoms with van der Waals surface area (Å²) in [5.74, 6) is -1.89. The van der Waals surface area contributed by atoms with Crippen LogP contribution in [0.15, 0.2) is 53.4 Å². The van der Waals surface area contributed by atoms with Crippen LogP contribution in [0, 0.1) is 5.82 Å². The summed E-state index contributed by atoms with van der Waals surface area (Å²) in [6.45, 7) is 1.36. The molecule has 2 aromatic carbocycles. The van der Waals surface area contributed by atoms with Gasteiger partial charge in [-0.1, -0.05) is 24.3 Å². The molecule has 0 atom stereocenters. The monoisotopic (exact) mass is 336 g/mol. The fourth-order valence-corrected chi connectivity index (χ4v) is 2.59. The van der Waals surface area contributed by atoms with Crippen LogP contribution < -0.4 is 10.3 Å². The summed E-state index contributed by atoms with van der Waals surface area (Å²) in [5.41, 5.74) is 2.00. The van der Waals surface area contributed by atoms with Crippen LogP contribution >= 0.6 is 0 Å². The molecule has 0 saturated heterocycles. The van der Waals surface area contributed by atoms with E-state index in [0.717, 1.165) is 6.07 Å². The molecule has 0 aliphatic carbocycles. The van der Waals surface area contributed by atoms with Gasteiger partial charge in [0.05, 0.1) is 10.5 Å². The van der Waals surface area contributed by atoms with Crippen LogP contribution in [0.4, 0.5) is 4.39 Å². The molecule has 1 amide bonds. The minimum absolute atomic E-state index is 0.142. The Balaban J connectivity index is 2.11. The molecule has 0 radical (unpaired) electrons. The maximum atomic E-state index is 13.4. The van der Waals surface area contributed by atoms with Gasteiger partial charge >= 0.3 is 0 Å². The number of hydrazine groups is 1. The van der Waals surface area contributed by atoms with Crippen molar-refractivity contribution in [1.29, 1.82) is 0 Å². The maximum Gasteiger partial charge on any atom is 0.269 e. The highest BCUT2D eigenvalue weighted by Gasteiger charge is 2.17. The van der Waals surface area contributed by atoms with Gasteiger partial charge in [0.25, 0.3) is 15.9 Å². The first kappa shape index (κ1) is 16.8. The zero-order valence-electron chi connectivity index (χ0n) is 12.0. The Morgan fingerprint density at radius 3 is 2.17 bits per heavy atom. The van der Waals surface area contributed by atoms with Gasteiger partial charge in [0.15, 0.2) is 5.78 Å². The Bertz CT molecular complexity index is 848. The van der Waals surface area contributed by atoms with E-state index < -0.39 is 21.7 Å². The summed E-state index contributed by atoms with van der Waals surface area (Å²) < 4.78 is 37.5. The van der Waals surface area contributed by atoms with Crippen LogP contribution in [-0.4, -0.2) is 20.1 Å². The van der Waals surface area contributed by atoms with E-state index in [1.165, 1.54) is 49.4 Å². The second-order valence-electron chi connectivity index (χ2n) is 4.62. The molecule has 0 saturated carbocycles. The van der Waals surface area contributed by atoms with Crippen LogP contribution in [0.1, 0.15) is 27.6 Å². The number of hydrogen-bond donors (Lipinski definition) is 2. The lowest BCUT2D eigenvalue weighted by molar-refractivity contribution is 0.0940. The molecule has 0 unspecified atom stereocenters. The van der Waals surface area contributed by atoms with Crippen molar-refractivity contribution >= 4 is 21.7 Å². The van der Waals surface area contributed by atoms with Crippen LogP contribution in [-0.2, 0) is 10.0 Å². The largest absolute Gasteiger partial charge is 0.295 e. The molecule has 2 rings (SSSR count). The third kappa shape index (κ3) is 3.99. The predicted octanol–water partition coefficient (Wildman–Crippen LogP) is 1.65. The van der Waals surface area contributed by atoms with Crippen LogP contribution in [0.2, 0.25) is 0 Å². The van der Waals surface area contributed by atoms with Gasteiger partial charge in [0.1, 0.15) is 5.82 Å². The molecule has 0 aromatic heterocycles. The van der Waals surface area contributed by atoms with E-state index in [9.17, 15) is 22.4 Å². The van der Waals surface area contributed by atoms with E-state index in [2.05, 4.69) is 0 Å². The average Bonchev–Trinajstić information content (AvgIpc) is 2.53. The molecule has 0 aliphatic rings. The van der Waals surface area contributed by atoms with Crippen LogP contribution in [0.5, 0.6) is 0 Å². The van der Waals surface area contributed by atoms with Gasteiger partial charge in [0, 0.05) is 5.56 Å². The van der Waals surface area contributed by atoms with E-state index in [1.807, 2.05) is 10.3 Å². The summed E-state index contributed by atoms with van der Waals surface area (Å²) in [5, 5.41) is 0. The second-order valence-corrected chi connectivity index (χ2v) is 6.30. The fraction of sp³-hybridized carbons (Fsp3) is 0.0667. The topological polar surface area (TPSA) is 92.3 Å². The quantitative estimate of drug-likeness (QED) is 0.641. The summed E-state index contributed by atoms with van der Waals surface area (Å²) in [7, 11) is -4.03. The third-order valence-electron chi connectivity index (χ3n) is 2.99. The molecule has 6 nitrogen and oxygen atoms in total. The van der Waals surface area contributed by atoms with E-state index in [1.54, 1.807) is 0 Å². The molecule has 0 aliphatic heterocycles. The smallest absolute Gasteiger partial charge is 0.269 e. The first-order chi connectivity index (χ1) is 10.8. The Morgan fingerprint density at radius 1 is 1.00 bits per heavy atom. The molecule has 120 valence electrons. The van der Waals surface area contributed by atoms with Crippen molar-refractivity contribution in [1.82, 2.24) is 10.3 Å². The van der Waals surface area contributed by atoms with E-state index in [4.69, 9.17) is 0 Å². The highest BCUT2D eigenvalue weighted by molar-refractivity contribution is 7.89. The molecule has 23 heavy (non-hydrogen) atoms. The zero-order chi connectivity index (χ0) is 17.0. The normalized spacial score (nSPS) is 11.0. The third-order valence-corrected chi connectivity index (χ3v) is 4.25. The number of carbonyl (C=O) groups excluding carboxylic acids is 2. The number of halogens is 1. The Labute approximate surface area is 132 Å². The van der Waals surface area contributed by atoms with Gasteiger partial charge in [-0.2, -0.15) is 0 Å². The van der Waals surface area contributed by atoms with Gasteiger partial charge in [-0.25, -0.2) is 12.8 Å². The number of ketones is 1. The van der Waals surface area contributed by atoms with Crippen LogP contribution in [0.25, 0.3) is 0 Å². The molecular weight excluding hydrogens is 323 g/mol. The Morgan fingerprint density at radius 2 is 1.61 bits per heavy atom. The number of nitrogens with one attached hydrogen (secondary N) is 2. The number of amides is 1. The lowest BCUT2D eigenvalue weighted by Gasteiger charge is -2.09. The lowest BCUT2D eigenvalue weighted by Crippen LogP contribution is -2.41. The molecule has 0 heterocycles. The fourth-order valence-electron chi connectivity index (χ4n) is 1.75. The van der Waals surface area contributed by atoms with Crippen LogP contribution in [0.3, 0.4) is 0 Å².